The molecule has 0 fully saturated rings. The zero-order chi connectivity index (χ0) is 32.8. The van der Waals surface area contributed by atoms with Crippen molar-refractivity contribution < 1.29 is 28.5 Å². The van der Waals surface area contributed by atoms with Crippen LogP contribution in [0.15, 0.2) is 119 Å². The number of ketones is 1. The molecule has 0 spiro atoms. The molecule has 240 valence electrons. The quantitative estimate of drug-likeness (QED) is 0.159. The maximum atomic E-state index is 14.2. The van der Waals surface area contributed by atoms with Crippen LogP contribution in [0.1, 0.15) is 53.9 Å². The van der Waals surface area contributed by atoms with Gasteiger partial charge in [-0.15, -0.1) is 0 Å². The minimum absolute atomic E-state index is 0.0232. The average Bonchev–Trinajstić information content (AvgIpc) is 3.10. The Balaban J connectivity index is 1.32. The van der Waals surface area contributed by atoms with Crippen molar-refractivity contribution in [3.8, 4) is 17.2 Å². The van der Waals surface area contributed by atoms with Crippen LogP contribution in [-0.4, -0.2) is 38.3 Å². The molecule has 1 unspecified atom stereocenters. The van der Waals surface area contributed by atoms with Gasteiger partial charge < -0.3 is 18.9 Å². The standard InChI is InChI=1S/C40H39NO6/c1-26-37(40(43)46-20-19-27-11-6-4-7-12-27)38(30-15-10-16-32(21-30)47-25-28-13-8-5-9-14-28)39-33(41-26)22-31(23-34(39)42)29-17-18-35(44-2)36(24-29)45-3/h4-18,21,24,31,37-38H,19-20,22-23,25H2,1-3H3/t31-,37?,38-/m0/s1. The van der Waals surface area contributed by atoms with Crippen molar-refractivity contribution in [2.24, 2.45) is 10.9 Å². The number of benzene rings is 4. The number of ether oxygens (including phenoxy) is 4. The van der Waals surface area contributed by atoms with E-state index in [1.807, 2.05) is 110 Å². The maximum absolute atomic E-state index is 14.2. The Kier molecular flexibility index (Phi) is 9.81. The predicted molar refractivity (Wildman–Crippen MR) is 181 cm³/mol. The summed E-state index contributed by atoms with van der Waals surface area (Å²) in [5, 5.41) is 0. The summed E-state index contributed by atoms with van der Waals surface area (Å²) in [5.74, 6) is 0.122. The third-order valence-corrected chi connectivity index (χ3v) is 8.96. The van der Waals surface area contributed by atoms with E-state index >= 15 is 0 Å². The summed E-state index contributed by atoms with van der Waals surface area (Å²) in [6.07, 6.45) is 1.45. The van der Waals surface area contributed by atoms with E-state index in [9.17, 15) is 9.59 Å². The number of hydrogen-bond donors (Lipinski definition) is 0. The number of hydrogen-bond acceptors (Lipinski definition) is 7. The van der Waals surface area contributed by atoms with E-state index in [-0.39, 0.29) is 24.3 Å². The molecular formula is C40H39NO6. The number of esters is 1. The minimum Gasteiger partial charge on any atom is -0.493 e. The van der Waals surface area contributed by atoms with Crippen LogP contribution in [0.25, 0.3) is 0 Å². The van der Waals surface area contributed by atoms with Gasteiger partial charge in [0, 0.05) is 35.7 Å². The van der Waals surface area contributed by atoms with Gasteiger partial charge in [-0.05, 0) is 65.8 Å². The highest BCUT2D eigenvalue weighted by atomic mass is 16.5. The number of aliphatic imine (C=N–C) groups is 1. The highest BCUT2D eigenvalue weighted by Gasteiger charge is 2.45. The van der Waals surface area contributed by atoms with Crippen molar-refractivity contribution in [1.29, 1.82) is 0 Å². The monoisotopic (exact) mass is 629 g/mol. The van der Waals surface area contributed by atoms with Gasteiger partial charge in [0.15, 0.2) is 17.3 Å². The lowest BCUT2D eigenvalue weighted by molar-refractivity contribution is -0.146. The molecule has 6 rings (SSSR count). The van der Waals surface area contributed by atoms with Crippen molar-refractivity contribution >= 4 is 17.5 Å². The van der Waals surface area contributed by atoms with Crippen LogP contribution in [0.2, 0.25) is 0 Å². The van der Waals surface area contributed by atoms with Gasteiger partial charge in [-0.2, -0.15) is 0 Å². The van der Waals surface area contributed by atoms with Gasteiger partial charge in [-0.3, -0.25) is 14.6 Å². The molecule has 7 nitrogen and oxygen atoms in total. The fourth-order valence-corrected chi connectivity index (χ4v) is 6.61. The van der Waals surface area contributed by atoms with Crippen LogP contribution in [0.4, 0.5) is 0 Å². The van der Waals surface area contributed by atoms with Crippen LogP contribution >= 0.6 is 0 Å². The predicted octanol–water partition coefficient (Wildman–Crippen LogP) is 7.64. The lowest BCUT2D eigenvalue weighted by atomic mass is 9.69. The summed E-state index contributed by atoms with van der Waals surface area (Å²) in [5.41, 5.74) is 5.86. The van der Waals surface area contributed by atoms with Gasteiger partial charge in [0.25, 0.3) is 0 Å². The first-order chi connectivity index (χ1) is 22.9. The van der Waals surface area contributed by atoms with E-state index in [1.165, 1.54) is 0 Å². The summed E-state index contributed by atoms with van der Waals surface area (Å²) in [4.78, 5) is 33.0. The molecule has 4 aromatic rings. The molecule has 3 atom stereocenters. The molecule has 1 aliphatic heterocycles. The molecule has 1 aliphatic carbocycles. The molecule has 2 aliphatic rings. The van der Waals surface area contributed by atoms with Crippen LogP contribution < -0.4 is 14.2 Å². The van der Waals surface area contributed by atoms with Gasteiger partial charge in [0.2, 0.25) is 0 Å². The SMILES string of the molecule is COc1ccc([C@@H]2CC(=O)C3=C(C2)N=C(C)C(C(=O)OCCc2ccccc2)[C@@H]3c2cccc(OCc3ccccc3)c2)cc1OC. The van der Waals surface area contributed by atoms with Gasteiger partial charge in [-0.1, -0.05) is 78.9 Å². The largest absolute Gasteiger partial charge is 0.493 e. The molecule has 0 saturated carbocycles. The van der Waals surface area contributed by atoms with Gasteiger partial charge in [0.1, 0.15) is 18.3 Å². The molecule has 0 bridgehead atoms. The molecule has 0 amide bonds. The second-order valence-electron chi connectivity index (χ2n) is 12.0. The fourth-order valence-electron chi connectivity index (χ4n) is 6.61. The van der Waals surface area contributed by atoms with E-state index in [2.05, 4.69) is 0 Å². The van der Waals surface area contributed by atoms with Crippen molar-refractivity contribution in [2.45, 2.75) is 44.6 Å². The first-order valence-corrected chi connectivity index (χ1v) is 16.0. The molecule has 7 heteroatoms. The molecule has 4 aromatic carbocycles. The van der Waals surface area contributed by atoms with Gasteiger partial charge in [0.05, 0.1) is 20.8 Å². The van der Waals surface area contributed by atoms with Crippen molar-refractivity contribution in [2.75, 3.05) is 20.8 Å². The molecule has 0 N–H and O–H groups in total. The Morgan fingerprint density at radius 1 is 0.787 bits per heavy atom. The average molecular weight is 630 g/mol. The molecule has 0 aromatic heterocycles. The summed E-state index contributed by atoms with van der Waals surface area (Å²) in [6.45, 7) is 2.50. The van der Waals surface area contributed by atoms with E-state index in [0.29, 0.717) is 60.1 Å². The summed E-state index contributed by atoms with van der Waals surface area (Å²) in [6, 6.07) is 33.3. The smallest absolute Gasteiger partial charge is 0.315 e. The zero-order valence-corrected chi connectivity index (χ0v) is 27.0. The minimum atomic E-state index is -0.740. The van der Waals surface area contributed by atoms with E-state index in [1.54, 1.807) is 14.2 Å². The highest BCUT2D eigenvalue weighted by Crippen LogP contribution is 2.48. The number of carbonyl (C=O) groups is 2. The van der Waals surface area contributed by atoms with Crippen LogP contribution in [0.3, 0.4) is 0 Å². The van der Waals surface area contributed by atoms with E-state index in [4.69, 9.17) is 23.9 Å². The Morgan fingerprint density at radius 2 is 1.51 bits per heavy atom. The normalized spacial score (nSPS) is 19.0. The topological polar surface area (TPSA) is 83.4 Å². The van der Waals surface area contributed by atoms with Crippen molar-refractivity contribution in [3.05, 3.63) is 137 Å². The van der Waals surface area contributed by atoms with Crippen LogP contribution in [-0.2, 0) is 27.4 Å². The molecule has 1 heterocycles. The van der Waals surface area contributed by atoms with E-state index in [0.717, 1.165) is 22.3 Å². The molecular weight excluding hydrogens is 590 g/mol. The van der Waals surface area contributed by atoms with Crippen LogP contribution in [0, 0.1) is 5.92 Å². The van der Waals surface area contributed by atoms with Crippen LogP contribution in [0.5, 0.6) is 17.2 Å². The third kappa shape index (κ3) is 7.14. The summed E-state index contributed by atoms with van der Waals surface area (Å²) < 4.78 is 23.0. The third-order valence-electron chi connectivity index (χ3n) is 8.96. The lowest BCUT2D eigenvalue weighted by Crippen LogP contribution is -2.38. The number of carbonyl (C=O) groups excluding carboxylic acids is 2. The van der Waals surface area contributed by atoms with E-state index < -0.39 is 11.8 Å². The Hall–Kier alpha value is -5.17. The highest BCUT2D eigenvalue weighted by molar-refractivity contribution is 6.09. The second kappa shape index (κ2) is 14.5. The number of Topliss-reactive ketones (excluding diaryl/α,β-unsaturated/α-hetero) is 1. The number of rotatable bonds is 11. The molecule has 0 radical (unpaired) electrons. The maximum Gasteiger partial charge on any atom is 0.315 e. The fraction of sp³-hybridized carbons (Fsp3) is 0.275. The lowest BCUT2D eigenvalue weighted by Gasteiger charge is -2.36. The Morgan fingerprint density at radius 3 is 2.23 bits per heavy atom. The first-order valence-electron chi connectivity index (χ1n) is 16.0. The number of methoxy groups -OCH3 is 2. The van der Waals surface area contributed by atoms with Crippen molar-refractivity contribution in [1.82, 2.24) is 0 Å². The number of allylic oxidation sites excluding steroid dienone is 2. The summed E-state index contributed by atoms with van der Waals surface area (Å²) >= 11 is 0. The number of nitrogens with zero attached hydrogens (tertiary/aromatic N) is 1. The second-order valence-corrected chi connectivity index (χ2v) is 12.0. The van der Waals surface area contributed by atoms with Gasteiger partial charge >= 0.3 is 5.97 Å². The first kappa shape index (κ1) is 31.8. The van der Waals surface area contributed by atoms with Gasteiger partial charge in [-0.25, -0.2) is 0 Å². The summed E-state index contributed by atoms with van der Waals surface area (Å²) in [7, 11) is 3.20. The zero-order valence-electron chi connectivity index (χ0n) is 27.0. The molecule has 0 saturated heterocycles. The Bertz CT molecular complexity index is 1800. The molecule has 47 heavy (non-hydrogen) atoms. The van der Waals surface area contributed by atoms with Crippen molar-refractivity contribution in [3.63, 3.8) is 0 Å². The Labute approximate surface area is 275 Å².